The molecule has 0 aliphatic carbocycles. The van der Waals surface area contributed by atoms with Crippen molar-refractivity contribution in [2.45, 2.75) is 45.1 Å². The van der Waals surface area contributed by atoms with Gasteiger partial charge in [-0.25, -0.2) is 0 Å². The highest BCUT2D eigenvalue weighted by molar-refractivity contribution is 6.09. The van der Waals surface area contributed by atoms with Gasteiger partial charge in [-0.15, -0.1) is 0 Å². The van der Waals surface area contributed by atoms with Gasteiger partial charge in [-0.3, -0.25) is 9.59 Å². The standard InChI is InChI=1S/C24H27NO3/c1-2-3-10-17-25-22(19-13-8-5-9-14-19)21(23(27)24(25)28)20(26)16-15-18-11-6-4-7-12-18/h4-9,11-14,22,27H,2-3,10,15-17H2,1H3. The van der Waals surface area contributed by atoms with E-state index in [1.54, 1.807) is 4.90 Å². The Morgan fingerprint density at radius 2 is 1.64 bits per heavy atom. The third-order valence-electron chi connectivity index (χ3n) is 5.21. The molecule has 1 unspecified atom stereocenters. The molecule has 0 saturated heterocycles. The Balaban J connectivity index is 1.85. The number of benzene rings is 2. The first-order valence-corrected chi connectivity index (χ1v) is 9.99. The Kier molecular flexibility index (Phi) is 6.64. The normalized spacial score (nSPS) is 16.7. The summed E-state index contributed by atoms with van der Waals surface area (Å²) in [7, 11) is 0. The van der Waals surface area contributed by atoms with Crippen LogP contribution in [0.4, 0.5) is 0 Å². The summed E-state index contributed by atoms with van der Waals surface area (Å²) in [5.74, 6) is -0.988. The average molecular weight is 377 g/mol. The summed E-state index contributed by atoms with van der Waals surface area (Å²) in [6.45, 7) is 2.64. The predicted octanol–water partition coefficient (Wildman–Crippen LogP) is 4.77. The number of nitrogens with zero attached hydrogens (tertiary/aromatic N) is 1. The Hall–Kier alpha value is -2.88. The number of rotatable bonds is 9. The zero-order valence-corrected chi connectivity index (χ0v) is 16.3. The van der Waals surface area contributed by atoms with E-state index in [9.17, 15) is 14.7 Å². The van der Waals surface area contributed by atoms with Crippen molar-refractivity contribution >= 4 is 11.7 Å². The van der Waals surface area contributed by atoms with Crippen LogP contribution in [0, 0.1) is 0 Å². The van der Waals surface area contributed by atoms with Gasteiger partial charge in [-0.1, -0.05) is 80.4 Å². The zero-order valence-electron chi connectivity index (χ0n) is 16.3. The van der Waals surface area contributed by atoms with E-state index in [4.69, 9.17) is 0 Å². The van der Waals surface area contributed by atoms with Crippen molar-refractivity contribution in [2.75, 3.05) is 6.54 Å². The highest BCUT2D eigenvalue weighted by Gasteiger charge is 2.42. The molecule has 1 heterocycles. The highest BCUT2D eigenvalue weighted by Crippen LogP contribution is 2.38. The van der Waals surface area contributed by atoms with E-state index in [1.807, 2.05) is 60.7 Å². The van der Waals surface area contributed by atoms with E-state index < -0.39 is 11.9 Å². The summed E-state index contributed by atoms with van der Waals surface area (Å²) in [5, 5.41) is 10.6. The fraction of sp³-hybridized carbons (Fsp3) is 0.333. The molecule has 0 aromatic heterocycles. The lowest BCUT2D eigenvalue weighted by molar-refractivity contribution is -0.129. The molecular weight excluding hydrogens is 350 g/mol. The first-order chi connectivity index (χ1) is 13.6. The van der Waals surface area contributed by atoms with E-state index in [-0.39, 0.29) is 23.5 Å². The second kappa shape index (κ2) is 9.36. The number of aliphatic hydroxyl groups is 1. The maximum absolute atomic E-state index is 13.0. The minimum atomic E-state index is -0.506. The molecule has 1 aliphatic heterocycles. The van der Waals surface area contributed by atoms with Crippen LogP contribution in [0.3, 0.4) is 0 Å². The topological polar surface area (TPSA) is 57.6 Å². The van der Waals surface area contributed by atoms with E-state index in [0.717, 1.165) is 30.4 Å². The second-order valence-corrected chi connectivity index (χ2v) is 7.19. The third-order valence-corrected chi connectivity index (χ3v) is 5.21. The Morgan fingerprint density at radius 3 is 2.29 bits per heavy atom. The van der Waals surface area contributed by atoms with Crippen molar-refractivity contribution in [3.05, 3.63) is 83.1 Å². The molecule has 0 fully saturated rings. The van der Waals surface area contributed by atoms with Gasteiger partial charge in [0, 0.05) is 13.0 Å². The van der Waals surface area contributed by atoms with Crippen molar-refractivity contribution in [1.82, 2.24) is 4.90 Å². The number of carbonyl (C=O) groups is 2. The molecule has 0 radical (unpaired) electrons. The zero-order chi connectivity index (χ0) is 19.9. The van der Waals surface area contributed by atoms with Crippen LogP contribution < -0.4 is 0 Å². The number of Topliss-reactive ketones (excluding diaryl/α,β-unsaturated/α-hetero) is 1. The van der Waals surface area contributed by atoms with Gasteiger partial charge >= 0.3 is 0 Å². The maximum atomic E-state index is 13.0. The monoisotopic (exact) mass is 377 g/mol. The minimum absolute atomic E-state index is 0.165. The van der Waals surface area contributed by atoms with E-state index in [1.165, 1.54) is 0 Å². The number of unbranched alkanes of at least 4 members (excludes halogenated alkanes) is 2. The summed E-state index contributed by atoms with van der Waals surface area (Å²) in [4.78, 5) is 27.4. The number of aryl methyl sites for hydroxylation is 1. The van der Waals surface area contributed by atoms with Crippen LogP contribution >= 0.6 is 0 Å². The molecule has 2 aromatic rings. The van der Waals surface area contributed by atoms with Gasteiger partial charge in [0.15, 0.2) is 11.5 Å². The quantitative estimate of drug-likeness (QED) is 0.640. The number of amides is 1. The van der Waals surface area contributed by atoms with E-state index in [0.29, 0.717) is 13.0 Å². The fourth-order valence-electron chi connectivity index (χ4n) is 3.72. The molecule has 0 spiro atoms. The average Bonchev–Trinajstić information content (AvgIpc) is 2.98. The summed E-state index contributed by atoms with van der Waals surface area (Å²) in [6, 6.07) is 18.8. The first kappa shape index (κ1) is 19.9. The van der Waals surface area contributed by atoms with Gasteiger partial charge in [-0.2, -0.15) is 0 Å². The summed E-state index contributed by atoms with van der Waals surface area (Å²) in [6.07, 6.45) is 3.75. The van der Waals surface area contributed by atoms with Gasteiger partial charge in [-0.05, 0) is 24.0 Å². The van der Waals surface area contributed by atoms with E-state index in [2.05, 4.69) is 6.92 Å². The Labute approximate surface area is 166 Å². The van der Waals surface area contributed by atoms with Gasteiger partial charge < -0.3 is 10.0 Å². The molecular formula is C24H27NO3. The molecule has 1 aliphatic rings. The summed E-state index contributed by atoms with van der Waals surface area (Å²) in [5.41, 5.74) is 2.17. The van der Waals surface area contributed by atoms with Crippen molar-refractivity contribution in [3.63, 3.8) is 0 Å². The molecule has 1 atom stereocenters. The lowest BCUT2D eigenvalue weighted by Gasteiger charge is -2.27. The summed E-state index contributed by atoms with van der Waals surface area (Å²) >= 11 is 0. The molecule has 4 nitrogen and oxygen atoms in total. The molecule has 0 saturated carbocycles. The predicted molar refractivity (Wildman–Crippen MR) is 110 cm³/mol. The van der Waals surface area contributed by atoms with Crippen LogP contribution in [0.2, 0.25) is 0 Å². The van der Waals surface area contributed by atoms with Crippen molar-refractivity contribution in [2.24, 2.45) is 0 Å². The minimum Gasteiger partial charge on any atom is -0.503 e. The molecule has 146 valence electrons. The van der Waals surface area contributed by atoms with Crippen LogP contribution in [-0.2, 0) is 16.0 Å². The van der Waals surface area contributed by atoms with Crippen LogP contribution in [0.15, 0.2) is 72.0 Å². The SMILES string of the molecule is CCCCCN1C(=O)C(O)=C(C(=O)CCc2ccccc2)C1c1ccccc1. The van der Waals surface area contributed by atoms with Crippen molar-refractivity contribution < 1.29 is 14.7 Å². The number of carbonyl (C=O) groups excluding carboxylic acids is 2. The molecule has 3 rings (SSSR count). The molecule has 1 N–H and O–H groups in total. The number of aliphatic hydroxyl groups excluding tert-OH is 1. The van der Waals surface area contributed by atoms with E-state index >= 15 is 0 Å². The molecule has 0 bridgehead atoms. The highest BCUT2D eigenvalue weighted by atomic mass is 16.3. The van der Waals surface area contributed by atoms with Crippen LogP contribution in [0.5, 0.6) is 0 Å². The largest absolute Gasteiger partial charge is 0.503 e. The fourth-order valence-corrected chi connectivity index (χ4v) is 3.72. The van der Waals surface area contributed by atoms with Crippen molar-refractivity contribution in [3.8, 4) is 0 Å². The second-order valence-electron chi connectivity index (χ2n) is 7.19. The third kappa shape index (κ3) is 4.33. The van der Waals surface area contributed by atoms with Gasteiger partial charge in [0.05, 0.1) is 11.6 Å². The Morgan fingerprint density at radius 1 is 1.00 bits per heavy atom. The molecule has 28 heavy (non-hydrogen) atoms. The molecule has 2 aromatic carbocycles. The van der Waals surface area contributed by atoms with Crippen molar-refractivity contribution in [1.29, 1.82) is 0 Å². The molecule has 4 heteroatoms. The Bertz CT molecular complexity index is 843. The van der Waals surface area contributed by atoms with Crippen LogP contribution in [0.25, 0.3) is 0 Å². The molecule has 1 amide bonds. The van der Waals surface area contributed by atoms with Gasteiger partial charge in [0.25, 0.3) is 5.91 Å². The lowest BCUT2D eigenvalue weighted by atomic mass is 9.93. The maximum Gasteiger partial charge on any atom is 0.290 e. The number of hydrogen-bond acceptors (Lipinski definition) is 3. The van der Waals surface area contributed by atoms with Gasteiger partial charge in [0.1, 0.15) is 0 Å². The van der Waals surface area contributed by atoms with Crippen LogP contribution in [0.1, 0.15) is 49.8 Å². The summed E-state index contributed by atoms with van der Waals surface area (Å²) < 4.78 is 0. The van der Waals surface area contributed by atoms with Gasteiger partial charge in [0.2, 0.25) is 0 Å². The number of hydrogen-bond donors (Lipinski definition) is 1. The lowest BCUT2D eigenvalue weighted by Crippen LogP contribution is -2.32. The van der Waals surface area contributed by atoms with Crippen LogP contribution in [-0.4, -0.2) is 28.2 Å². The smallest absolute Gasteiger partial charge is 0.290 e. The number of ketones is 1. The first-order valence-electron chi connectivity index (χ1n) is 9.99.